The SMILES string of the molecule is O=C(CCC1CCCCC1)OCC(F)(F)F. The normalized spacial score (nSPS) is 18.4. The van der Waals surface area contributed by atoms with Gasteiger partial charge in [-0.15, -0.1) is 0 Å². The Morgan fingerprint density at radius 1 is 1.19 bits per heavy atom. The first-order valence-corrected chi connectivity index (χ1v) is 5.70. The van der Waals surface area contributed by atoms with E-state index in [1.54, 1.807) is 0 Å². The fraction of sp³-hybridized carbons (Fsp3) is 0.909. The van der Waals surface area contributed by atoms with Crippen molar-refractivity contribution in [2.24, 2.45) is 5.92 Å². The minimum absolute atomic E-state index is 0.112. The van der Waals surface area contributed by atoms with Gasteiger partial charge in [0.15, 0.2) is 6.61 Å². The number of ether oxygens (including phenoxy) is 1. The van der Waals surface area contributed by atoms with Gasteiger partial charge in [0.1, 0.15) is 0 Å². The molecule has 1 rings (SSSR count). The Kier molecular flexibility index (Phi) is 5.09. The highest BCUT2D eigenvalue weighted by atomic mass is 19.4. The van der Waals surface area contributed by atoms with Crippen LogP contribution in [0.4, 0.5) is 13.2 Å². The number of hydrogen-bond acceptors (Lipinski definition) is 2. The molecule has 0 aromatic carbocycles. The number of esters is 1. The van der Waals surface area contributed by atoms with E-state index >= 15 is 0 Å². The maximum absolute atomic E-state index is 11.7. The highest BCUT2D eigenvalue weighted by Crippen LogP contribution is 2.27. The summed E-state index contributed by atoms with van der Waals surface area (Å²) in [6.07, 6.45) is 2.11. The van der Waals surface area contributed by atoms with E-state index in [4.69, 9.17) is 0 Å². The van der Waals surface area contributed by atoms with Gasteiger partial charge in [0, 0.05) is 6.42 Å². The summed E-state index contributed by atoms with van der Waals surface area (Å²) < 4.78 is 39.3. The van der Waals surface area contributed by atoms with Crippen molar-refractivity contribution in [3.63, 3.8) is 0 Å². The molecule has 1 aliphatic carbocycles. The summed E-state index contributed by atoms with van der Waals surface area (Å²) in [5, 5.41) is 0. The maximum atomic E-state index is 11.7. The zero-order chi connectivity index (χ0) is 12.0. The van der Waals surface area contributed by atoms with Crippen LogP contribution in [0.15, 0.2) is 0 Å². The van der Waals surface area contributed by atoms with Crippen molar-refractivity contribution in [2.75, 3.05) is 6.61 Å². The van der Waals surface area contributed by atoms with Crippen molar-refractivity contribution in [1.82, 2.24) is 0 Å². The van der Waals surface area contributed by atoms with Gasteiger partial charge in [0.05, 0.1) is 0 Å². The summed E-state index contributed by atoms with van der Waals surface area (Å²) in [6, 6.07) is 0. The summed E-state index contributed by atoms with van der Waals surface area (Å²) in [6.45, 7) is -1.46. The van der Waals surface area contributed by atoms with E-state index in [-0.39, 0.29) is 6.42 Å². The third-order valence-corrected chi connectivity index (χ3v) is 2.88. The third-order valence-electron chi connectivity index (χ3n) is 2.88. The van der Waals surface area contributed by atoms with E-state index in [0.717, 1.165) is 12.8 Å². The van der Waals surface area contributed by atoms with Gasteiger partial charge < -0.3 is 4.74 Å². The van der Waals surface area contributed by atoms with E-state index in [1.165, 1.54) is 19.3 Å². The van der Waals surface area contributed by atoms with Crippen LogP contribution in [0.1, 0.15) is 44.9 Å². The van der Waals surface area contributed by atoms with Gasteiger partial charge in [-0.25, -0.2) is 0 Å². The van der Waals surface area contributed by atoms with Crippen molar-refractivity contribution in [3.05, 3.63) is 0 Å². The Hall–Kier alpha value is -0.740. The fourth-order valence-corrected chi connectivity index (χ4v) is 2.03. The van der Waals surface area contributed by atoms with Crippen molar-refractivity contribution >= 4 is 5.97 Å². The molecular weight excluding hydrogens is 221 g/mol. The van der Waals surface area contributed by atoms with Gasteiger partial charge in [-0.3, -0.25) is 4.79 Å². The molecule has 1 fully saturated rings. The standard InChI is InChI=1S/C11H17F3O2/c12-11(13,14)8-16-10(15)7-6-9-4-2-1-3-5-9/h9H,1-8H2. The number of carbonyl (C=O) groups excluding carboxylic acids is 1. The lowest BCUT2D eigenvalue weighted by atomic mass is 9.86. The Bertz CT molecular complexity index is 220. The molecule has 0 aliphatic heterocycles. The molecule has 0 aromatic rings. The van der Waals surface area contributed by atoms with Crippen LogP contribution in [0.25, 0.3) is 0 Å². The lowest BCUT2D eigenvalue weighted by Gasteiger charge is -2.20. The lowest BCUT2D eigenvalue weighted by molar-refractivity contribution is -0.186. The minimum Gasteiger partial charge on any atom is -0.456 e. The predicted molar refractivity (Wildman–Crippen MR) is 52.8 cm³/mol. The van der Waals surface area contributed by atoms with Crippen molar-refractivity contribution < 1.29 is 22.7 Å². The molecule has 0 atom stereocenters. The number of hydrogen-bond donors (Lipinski definition) is 0. The highest BCUT2D eigenvalue weighted by molar-refractivity contribution is 5.69. The number of halogens is 3. The van der Waals surface area contributed by atoms with Crippen LogP contribution >= 0.6 is 0 Å². The van der Waals surface area contributed by atoms with Gasteiger partial charge in [0.25, 0.3) is 0 Å². The number of rotatable bonds is 4. The van der Waals surface area contributed by atoms with Crippen molar-refractivity contribution in [3.8, 4) is 0 Å². The zero-order valence-corrected chi connectivity index (χ0v) is 9.18. The van der Waals surface area contributed by atoms with E-state index in [2.05, 4.69) is 4.74 Å². The molecule has 94 valence electrons. The Morgan fingerprint density at radius 3 is 2.38 bits per heavy atom. The highest BCUT2D eigenvalue weighted by Gasteiger charge is 2.29. The average molecular weight is 238 g/mol. The molecule has 5 heteroatoms. The Morgan fingerprint density at radius 2 is 1.81 bits per heavy atom. The first-order chi connectivity index (χ1) is 7.47. The quantitative estimate of drug-likeness (QED) is 0.701. The van der Waals surface area contributed by atoms with Crippen LogP contribution in [-0.2, 0) is 9.53 Å². The predicted octanol–water partition coefficient (Wildman–Crippen LogP) is 3.45. The van der Waals surface area contributed by atoms with Crippen LogP contribution in [0.3, 0.4) is 0 Å². The van der Waals surface area contributed by atoms with Gasteiger partial charge in [0.2, 0.25) is 0 Å². The fourth-order valence-electron chi connectivity index (χ4n) is 2.03. The summed E-state index contributed by atoms with van der Waals surface area (Å²) in [4.78, 5) is 11.0. The molecule has 0 radical (unpaired) electrons. The molecule has 0 N–H and O–H groups in total. The van der Waals surface area contributed by atoms with E-state index in [0.29, 0.717) is 12.3 Å². The van der Waals surface area contributed by atoms with E-state index in [9.17, 15) is 18.0 Å². The van der Waals surface area contributed by atoms with Crippen molar-refractivity contribution in [1.29, 1.82) is 0 Å². The third kappa shape index (κ3) is 5.98. The molecular formula is C11H17F3O2. The summed E-state index contributed by atoms with van der Waals surface area (Å²) in [7, 11) is 0. The van der Waals surface area contributed by atoms with Crippen LogP contribution in [0.5, 0.6) is 0 Å². The van der Waals surface area contributed by atoms with Crippen molar-refractivity contribution in [2.45, 2.75) is 51.1 Å². The van der Waals surface area contributed by atoms with Crippen LogP contribution < -0.4 is 0 Å². The molecule has 16 heavy (non-hydrogen) atoms. The van der Waals surface area contributed by atoms with Gasteiger partial charge >= 0.3 is 12.1 Å². The minimum atomic E-state index is -4.42. The second kappa shape index (κ2) is 6.11. The van der Waals surface area contributed by atoms with Gasteiger partial charge in [-0.2, -0.15) is 13.2 Å². The second-order valence-corrected chi connectivity index (χ2v) is 4.32. The second-order valence-electron chi connectivity index (χ2n) is 4.32. The average Bonchev–Trinajstić information content (AvgIpc) is 2.24. The van der Waals surface area contributed by atoms with Crippen LogP contribution in [0.2, 0.25) is 0 Å². The topological polar surface area (TPSA) is 26.3 Å². The van der Waals surface area contributed by atoms with Crippen LogP contribution in [-0.4, -0.2) is 18.8 Å². The smallest absolute Gasteiger partial charge is 0.422 e. The van der Waals surface area contributed by atoms with Gasteiger partial charge in [-0.05, 0) is 12.3 Å². The molecule has 0 bridgehead atoms. The molecule has 1 aliphatic rings. The van der Waals surface area contributed by atoms with Gasteiger partial charge in [-0.1, -0.05) is 32.1 Å². The first-order valence-electron chi connectivity index (χ1n) is 5.70. The summed E-state index contributed by atoms with van der Waals surface area (Å²) >= 11 is 0. The molecule has 0 heterocycles. The summed E-state index contributed by atoms with van der Waals surface area (Å²) in [5.74, 6) is -0.241. The molecule has 0 saturated heterocycles. The molecule has 2 nitrogen and oxygen atoms in total. The van der Waals surface area contributed by atoms with E-state index in [1.807, 2.05) is 0 Å². The number of carbonyl (C=O) groups is 1. The molecule has 1 saturated carbocycles. The Balaban J connectivity index is 2.09. The number of alkyl halides is 3. The Labute approximate surface area is 93.2 Å². The molecule has 0 aromatic heterocycles. The molecule has 0 spiro atoms. The monoisotopic (exact) mass is 238 g/mol. The zero-order valence-electron chi connectivity index (χ0n) is 9.18. The first kappa shape index (κ1) is 13.3. The van der Waals surface area contributed by atoms with Crippen LogP contribution in [0, 0.1) is 5.92 Å². The lowest BCUT2D eigenvalue weighted by Crippen LogP contribution is -2.20. The molecule has 0 amide bonds. The largest absolute Gasteiger partial charge is 0.456 e. The maximum Gasteiger partial charge on any atom is 0.422 e. The summed E-state index contributed by atoms with van der Waals surface area (Å²) in [5.41, 5.74) is 0. The molecule has 0 unspecified atom stereocenters. The van der Waals surface area contributed by atoms with E-state index < -0.39 is 18.8 Å².